The van der Waals surface area contributed by atoms with Gasteiger partial charge in [0.25, 0.3) is 5.56 Å². The Kier molecular flexibility index (Phi) is 6.95. The van der Waals surface area contributed by atoms with Crippen LogP contribution in [0.3, 0.4) is 0 Å². The maximum Gasteiger partial charge on any atom is 0.251 e. The highest BCUT2D eigenvalue weighted by molar-refractivity contribution is 7.98. The quantitative estimate of drug-likeness (QED) is 0.434. The van der Waals surface area contributed by atoms with Crippen molar-refractivity contribution in [3.05, 3.63) is 80.7 Å². The summed E-state index contributed by atoms with van der Waals surface area (Å²) in [5.74, 6) is 1.11. The number of aromatic amines is 1. The Morgan fingerprint density at radius 2 is 2.03 bits per heavy atom. The molecule has 0 saturated carbocycles. The van der Waals surface area contributed by atoms with Gasteiger partial charge in [-0.05, 0) is 42.3 Å². The summed E-state index contributed by atoms with van der Waals surface area (Å²) in [5.41, 5.74) is 2.57. The summed E-state index contributed by atoms with van der Waals surface area (Å²) in [4.78, 5) is 31.5. The molecule has 1 heterocycles. The van der Waals surface area contributed by atoms with Gasteiger partial charge in [0.2, 0.25) is 5.91 Å². The number of nitrogens with zero attached hydrogens (tertiary/aromatic N) is 1. The van der Waals surface area contributed by atoms with Gasteiger partial charge in [0.1, 0.15) is 5.75 Å². The molecule has 2 N–H and O–H groups in total. The predicted molar refractivity (Wildman–Crippen MR) is 116 cm³/mol. The third kappa shape index (κ3) is 5.85. The number of anilines is 1. The second kappa shape index (κ2) is 9.62. The van der Waals surface area contributed by atoms with Crippen LogP contribution in [0.25, 0.3) is 0 Å². The molecule has 0 unspecified atom stereocenters. The van der Waals surface area contributed by atoms with E-state index in [9.17, 15) is 9.59 Å². The van der Waals surface area contributed by atoms with E-state index >= 15 is 0 Å². The van der Waals surface area contributed by atoms with Gasteiger partial charge in [-0.15, -0.1) is 0 Å². The maximum absolute atomic E-state index is 12.4. The average molecular weight is 430 g/mol. The normalized spacial score (nSPS) is 10.6. The highest BCUT2D eigenvalue weighted by atomic mass is 35.5. The van der Waals surface area contributed by atoms with Gasteiger partial charge in [-0.25, -0.2) is 4.98 Å². The van der Waals surface area contributed by atoms with Gasteiger partial charge in [-0.1, -0.05) is 41.6 Å². The van der Waals surface area contributed by atoms with E-state index in [1.807, 2.05) is 31.2 Å². The number of methoxy groups -OCH3 is 1. The SMILES string of the molecule is COc1cccc(CSc2nc(CC(=O)Nc3cccc(Cl)c3C)cc(=O)[nH]2)c1. The Morgan fingerprint density at radius 3 is 2.83 bits per heavy atom. The molecule has 0 aliphatic heterocycles. The van der Waals surface area contributed by atoms with Crippen LogP contribution in [0.1, 0.15) is 16.8 Å². The van der Waals surface area contributed by atoms with Gasteiger partial charge >= 0.3 is 0 Å². The fourth-order valence-corrected chi connectivity index (χ4v) is 3.67. The van der Waals surface area contributed by atoms with Crippen LogP contribution in [-0.4, -0.2) is 23.0 Å². The first-order valence-electron chi connectivity index (χ1n) is 8.85. The van der Waals surface area contributed by atoms with Gasteiger partial charge in [-0.2, -0.15) is 0 Å². The molecule has 0 fully saturated rings. The lowest BCUT2D eigenvalue weighted by molar-refractivity contribution is -0.115. The number of benzene rings is 2. The van der Waals surface area contributed by atoms with Gasteiger partial charge in [0, 0.05) is 22.5 Å². The molecule has 0 saturated heterocycles. The fraction of sp³-hybridized carbons (Fsp3) is 0.190. The number of thioether (sulfide) groups is 1. The summed E-state index contributed by atoms with van der Waals surface area (Å²) in [6, 6.07) is 14.3. The molecule has 0 atom stereocenters. The van der Waals surface area contributed by atoms with Crippen LogP contribution in [0.2, 0.25) is 5.02 Å². The van der Waals surface area contributed by atoms with Gasteiger partial charge in [0.15, 0.2) is 5.16 Å². The number of aromatic nitrogens is 2. The number of amides is 1. The van der Waals surface area contributed by atoms with E-state index < -0.39 is 0 Å². The van der Waals surface area contributed by atoms with Gasteiger partial charge in [0.05, 0.1) is 19.2 Å². The lowest BCUT2D eigenvalue weighted by Gasteiger charge is -2.09. The first-order valence-corrected chi connectivity index (χ1v) is 10.2. The Balaban J connectivity index is 1.67. The number of carbonyl (C=O) groups excluding carboxylic acids is 1. The van der Waals surface area contributed by atoms with E-state index in [1.54, 1.807) is 25.3 Å². The summed E-state index contributed by atoms with van der Waals surface area (Å²) >= 11 is 7.47. The van der Waals surface area contributed by atoms with Gasteiger partial charge < -0.3 is 15.0 Å². The van der Waals surface area contributed by atoms with Crippen LogP contribution >= 0.6 is 23.4 Å². The average Bonchev–Trinajstić information content (AvgIpc) is 2.69. The zero-order valence-electron chi connectivity index (χ0n) is 16.0. The highest BCUT2D eigenvalue weighted by Crippen LogP contribution is 2.23. The molecule has 3 aromatic rings. The molecule has 0 spiro atoms. The summed E-state index contributed by atoms with van der Waals surface area (Å²) in [7, 11) is 1.62. The molecule has 1 aromatic heterocycles. The van der Waals surface area contributed by atoms with Crippen molar-refractivity contribution in [2.45, 2.75) is 24.3 Å². The number of halogens is 1. The smallest absolute Gasteiger partial charge is 0.251 e. The zero-order chi connectivity index (χ0) is 20.8. The Hall–Kier alpha value is -2.77. The van der Waals surface area contributed by atoms with E-state index in [1.165, 1.54) is 17.8 Å². The lowest BCUT2D eigenvalue weighted by Crippen LogP contribution is -2.18. The third-order valence-electron chi connectivity index (χ3n) is 4.17. The molecule has 0 radical (unpaired) electrons. The number of rotatable bonds is 7. The standard InChI is InChI=1S/C21H20ClN3O3S/c1-13-17(22)7-4-8-18(13)24-19(26)10-15-11-20(27)25-21(23-15)29-12-14-5-3-6-16(9-14)28-2/h3-9,11H,10,12H2,1-2H3,(H,24,26)(H,23,25,27). The Morgan fingerprint density at radius 1 is 1.24 bits per heavy atom. The van der Waals surface area contributed by atoms with E-state index in [4.69, 9.17) is 16.3 Å². The van der Waals surface area contributed by atoms with E-state index in [2.05, 4.69) is 15.3 Å². The minimum Gasteiger partial charge on any atom is -0.497 e. The summed E-state index contributed by atoms with van der Waals surface area (Å²) in [6.07, 6.45) is -0.0113. The third-order valence-corrected chi connectivity index (χ3v) is 5.52. The lowest BCUT2D eigenvalue weighted by atomic mass is 10.2. The van der Waals surface area contributed by atoms with E-state index in [0.717, 1.165) is 16.9 Å². The van der Waals surface area contributed by atoms with E-state index in [0.29, 0.717) is 27.3 Å². The largest absolute Gasteiger partial charge is 0.497 e. The topological polar surface area (TPSA) is 84.1 Å². The zero-order valence-corrected chi connectivity index (χ0v) is 17.6. The monoisotopic (exact) mass is 429 g/mol. The fourth-order valence-electron chi connectivity index (χ4n) is 2.66. The van der Waals surface area contributed by atoms with Crippen molar-refractivity contribution < 1.29 is 9.53 Å². The molecule has 6 nitrogen and oxygen atoms in total. The van der Waals surface area contributed by atoms with Crippen LogP contribution in [0, 0.1) is 6.92 Å². The van der Waals surface area contributed by atoms with Crippen molar-refractivity contribution in [2.75, 3.05) is 12.4 Å². The molecule has 1 amide bonds. The van der Waals surface area contributed by atoms with Crippen molar-refractivity contribution >= 4 is 35.0 Å². The summed E-state index contributed by atoms with van der Waals surface area (Å²) in [5, 5.41) is 3.85. The van der Waals surface area contributed by atoms with Crippen molar-refractivity contribution in [1.29, 1.82) is 0 Å². The second-order valence-corrected chi connectivity index (χ2v) is 7.69. The predicted octanol–water partition coefficient (Wildman–Crippen LogP) is 4.21. The van der Waals surface area contributed by atoms with Crippen LogP contribution in [0.4, 0.5) is 5.69 Å². The number of hydrogen-bond acceptors (Lipinski definition) is 5. The number of H-pyrrole nitrogens is 1. The highest BCUT2D eigenvalue weighted by Gasteiger charge is 2.11. The molecular weight excluding hydrogens is 410 g/mol. The first-order chi connectivity index (χ1) is 13.9. The van der Waals surface area contributed by atoms with Crippen molar-refractivity contribution in [1.82, 2.24) is 9.97 Å². The molecule has 8 heteroatoms. The van der Waals surface area contributed by atoms with Crippen LogP contribution < -0.4 is 15.6 Å². The molecule has 150 valence electrons. The summed E-state index contributed by atoms with van der Waals surface area (Å²) in [6.45, 7) is 1.83. The Bertz CT molecular complexity index is 1080. The first kappa shape index (κ1) is 21.0. The van der Waals surface area contributed by atoms with Crippen LogP contribution in [0.15, 0.2) is 58.5 Å². The number of nitrogens with one attached hydrogen (secondary N) is 2. The Labute approximate surface area is 177 Å². The summed E-state index contributed by atoms with van der Waals surface area (Å²) < 4.78 is 5.22. The van der Waals surface area contributed by atoms with Crippen LogP contribution in [0.5, 0.6) is 5.75 Å². The molecule has 2 aromatic carbocycles. The molecule has 0 aliphatic carbocycles. The van der Waals surface area contributed by atoms with Crippen molar-refractivity contribution in [2.24, 2.45) is 0 Å². The molecule has 0 aliphatic rings. The van der Waals surface area contributed by atoms with Crippen LogP contribution in [-0.2, 0) is 17.0 Å². The van der Waals surface area contributed by atoms with Crippen molar-refractivity contribution in [3.63, 3.8) is 0 Å². The molecule has 0 bridgehead atoms. The minimum atomic E-state index is -0.296. The molecular formula is C21H20ClN3O3S. The van der Waals surface area contributed by atoms with E-state index in [-0.39, 0.29) is 17.9 Å². The second-order valence-electron chi connectivity index (χ2n) is 6.32. The minimum absolute atomic E-state index is 0.0113. The number of ether oxygens (including phenoxy) is 1. The molecule has 3 rings (SSSR count). The number of hydrogen-bond donors (Lipinski definition) is 2. The number of carbonyl (C=O) groups is 1. The van der Waals surface area contributed by atoms with Gasteiger partial charge in [-0.3, -0.25) is 9.59 Å². The maximum atomic E-state index is 12.4. The van der Waals surface area contributed by atoms with Crippen molar-refractivity contribution in [3.8, 4) is 5.75 Å². The molecule has 29 heavy (non-hydrogen) atoms.